The normalized spacial score (nSPS) is 12.3. The number of nitrogens with one attached hydrogen (secondary N) is 1. The van der Waals surface area contributed by atoms with E-state index in [9.17, 15) is 13.2 Å². The van der Waals surface area contributed by atoms with Crippen LogP contribution in [-0.2, 0) is 21.2 Å². The first-order chi connectivity index (χ1) is 13.7. The van der Waals surface area contributed by atoms with E-state index in [1.807, 2.05) is 51.1 Å². The molecular weight excluding hydrogens is 388 g/mol. The van der Waals surface area contributed by atoms with Gasteiger partial charge in [-0.2, -0.15) is 0 Å². The van der Waals surface area contributed by atoms with Gasteiger partial charge in [-0.1, -0.05) is 38.1 Å². The summed E-state index contributed by atoms with van der Waals surface area (Å²) < 4.78 is 31.0. The van der Waals surface area contributed by atoms with E-state index in [-0.39, 0.29) is 18.5 Å². The van der Waals surface area contributed by atoms with Gasteiger partial charge in [-0.15, -0.1) is 0 Å². The maximum atomic E-state index is 12.7. The fraction of sp³-hybridized carbons (Fsp3) is 0.409. The number of carbonyl (C=O) groups is 1. The number of anilines is 1. The van der Waals surface area contributed by atoms with Crippen LogP contribution in [0.15, 0.2) is 42.5 Å². The number of aryl methyl sites for hydroxylation is 2. The van der Waals surface area contributed by atoms with E-state index in [4.69, 9.17) is 4.74 Å². The Morgan fingerprint density at radius 1 is 1.14 bits per heavy atom. The standard InChI is InChI=1S/C22H30N2O4S/c1-6-17-8-11-19(12-9-17)24(29(5,26)27)15-22(25)23-20(7-2)18-10-13-21(28-4)16(3)14-18/h8-14,20H,6-7,15H2,1-5H3,(H,23,25)/t20-/m1/s1. The highest BCUT2D eigenvalue weighted by molar-refractivity contribution is 7.92. The minimum atomic E-state index is -3.60. The van der Waals surface area contributed by atoms with Crippen LogP contribution in [0.25, 0.3) is 0 Å². The first-order valence-electron chi connectivity index (χ1n) is 9.70. The van der Waals surface area contributed by atoms with Crippen LogP contribution in [-0.4, -0.2) is 34.2 Å². The second kappa shape index (κ2) is 9.78. The van der Waals surface area contributed by atoms with Crippen molar-refractivity contribution in [3.8, 4) is 5.75 Å². The summed E-state index contributed by atoms with van der Waals surface area (Å²) in [6.45, 7) is 5.68. The van der Waals surface area contributed by atoms with Crippen molar-refractivity contribution in [1.29, 1.82) is 0 Å². The second-order valence-corrected chi connectivity index (χ2v) is 8.95. The van der Waals surface area contributed by atoms with Crippen LogP contribution in [0, 0.1) is 6.92 Å². The Hall–Kier alpha value is -2.54. The monoisotopic (exact) mass is 418 g/mol. The third kappa shape index (κ3) is 5.97. The van der Waals surface area contributed by atoms with E-state index < -0.39 is 10.0 Å². The fourth-order valence-electron chi connectivity index (χ4n) is 3.21. The summed E-state index contributed by atoms with van der Waals surface area (Å²) in [4.78, 5) is 12.7. The number of carbonyl (C=O) groups excluding carboxylic acids is 1. The summed E-state index contributed by atoms with van der Waals surface area (Å²) in [6, 6.07) is 12.8. The average Bonchev–Trinajstić information content (AvgIpc) is 2.69. The summed E-state index contributed by atoms with van der Waals surface area (Å²) in [5.41, 5.74) is 3.52. The molecule has 0 spiro atoms. The molecule has 0 saturated heterocycles. The molecule has 0 fully saturated rings. The Balaban J connectivity index is 2.18. The third-order valence-corrected chi connectivity index (χ3v) is 6.03. The largest absolute Gasteiger partial charge is 0.496 e. The Morgan fingerprint density at radius 3 is 2.28 bits per heavy atom. The van der Waals surface area contributed by atoms with E-state index in [1.54, 1.807) is 19.2 Å². The lowest BCUT2D eigenvalue weighted by Crippen LogP contribution is -2.41. The molecule has 7 heteroatoms. The van der Waals surface area contributed by atoms with Gasteiger partial charge in [0.15, 0.2) is 0 Å². The molecule has 2 aromatic rings. The number of nitrogens with zero attached hydrogens (tertiary/aromatic N) is 1. The van der Waals surface area contributed by atoms with Crippen molar-refractivity contribution in [3.63, 3.8) is 0 Å². The molecule has 0 bridgehead atoms. The number of sulfonamides is 1. The summed E-state index contributed by atoms with van der Waals surface area (Å²) in [5.74, 6) is 0.434. The van der Waals surface area contributed by atoms with Gasteiger partial charge in [-0.25, -0.2) is 8.42 Å². The molecule has 0 radical (unpaired) electrons. The lowest BCUT2D eigenvalue weighted by atomic mass is 10.0. The van der Waals surface area contributed by atoms with Gasteiger partial charge < -0.3 is 10.1 Å². The van der Waals surface area contributed by atoms with Crippen LogP contribution in [0.4, 0.5) is 5.69 Å². The Labute approximate surface area is 173 Å². The van der Waals surface area contributed by atoms with Gasteiger partial charge in [0.1, 0.15) is 12.3 Å². The van der Waals surface area contributed by atoms with E-state index in [2.05, 4.69) is 5.32 Å². The minimum absolute atomic E-state index is 0.212. The lowest BCUT2D eigenvalue weighted by molar-refractivity contribution is -0.120. The molecule has 0 aliphatic heterocycles. The topological polar surface area (TPSA) is 75.7 Å². The van der Waals surface area contributed by atoms with E-state index in [0.29, 0.717) is 12.1 Å². The molecular formula is C22H30N2O4S. The zero-order valence-electron chi connectivity index (χ0n) is 17.7. The molecule has 2 rings (SSSR count). The zero-order valence-corrected chi connectivity index (χ0v) is 18.5. The molecule has 0 aliphatic rings. The van der Waals surface area contributed by atoms with E-state index >= 15 is 0 Å². The number of rotatable bonds is 9. The van der Waals surface area contributed by atoms with Crippen LogP contribution in [0.3, 0.4) is 0 Å². The van der Waals surface area contributed by atoms with Crippen molar-refractivity contribution in [2.45, 2.75) is 39.7 Å². The molecule has 1 amide bonds. The number of hydrogen-bond acceptors (Lipinski definition) is 4. The van der Waals surface area contributed by atoms with Gasteiger partial charge in [0.25, 0.3) is 0 Å². The van der Waals surface area contributed by atoms with Crippen molar-refractivity contribution >= 4 is 21.6 Å². The number of methoxy groups -OCH3 is 1. The molecule has 0 heterocycles. The van der Waals surface area contributed by atoms with Crippen molar-refractivity contribution in [1.82, 2.24) is 5.32 Å². The first-order valence-corrected chi connectivity index (χ1v) is 11.5. The van der Waals surface area contributed by atoms with Gasteiger partial charge in [-0.3, -0.25) is 9.10 Å². The smallest absolute Gasteiger partial charge is 0.241 e. The summed E-state index contributed by atoms with van der Waals surface area (Å²) >= 11 is 0. The number of hydrogen-bond donors (Lipinski definition) is 1. The van der Waals surface area contributed by atoms with Crippen LogP contribution >= 0.6 is 0 Å². The summed E-state index contributed by atoms with van der Waals surface area (Å²) in [6.07, 6.45) is 2.65. The van der Waals surface area contributed by atoms with Crippen molar-refractivity contribution in [3.05, 3.63) is 59.2 Å². The molecule has 1 atom stereocenters. The maximum absolute atomic E-state index is 12.7. The Kier molecular flexibility index (Phi) is 7.67. The highest BCUT2D eigenvalue weighted by Crippen LogP contribution is 2.24. The van der Waals surface area contributed by atoms with Crippen LogP contribution in [0.2, 0.25) is 0 Å². The Morgan fingerprint density at radius 2 is 1.79 bits per heavy atom. The van der Waals surface area contributed by atoms with Crippen LogP contribution in [0.1, 0.15) is 43.0 Å². The molecule has 29 heavy (non-hydrogen) atoms. The minimum Gasteiger partial charge on any atom is -0.496 e. The molecule has 158 valence electrons. The van der Waals surface area contributed by atoms with Crippen molar-refractivity contribution in [2.75, 3.05) is 24.2 Å². The number of benzene rings is 2. The zero-order chi connectivity index (χ0) is 21.6. The van der Waals surface area contributed by atoms with Gasteiger partial charge in [0.05, 0.1) is 25.1 Å². The average molecular weight is 419 g/mol. The summed E-state index contributed by atoms with van der Waals surface area (Å²) in [5, 5.41) is 2.96. The van der Waals surface area contributed by atoms with Crippen molar-refractivity contribution in [2.24, 2.45) is 0 Å². The third-order valence-electron chi connectivity index (χ3n) is 4.88. The first kappa shape index (κ1) is 22.7. The van der Waals surface area contributed by atoms with Gasteiger partial charge in [0.2, 0.25) is 15.9 Å². The second-order valence-electron chi connectivity index (χ2n) is 7.05. The predicted molar refractivity (Wildman–Crippen MR) is 117 cm³/mol. The number of amides is 1. The molecule has 1 N–H and O–H groups in total. The van der Waals surface area contributed by atoms with E-state index in [0.717, 1.165) is 39.4 Å². The van der Waals surface area contributed by atoms with Gasteiger partial charge in [0, 0.05) is 0 Å². The lowest BCUT2D eigenvalue weighted by Gasteiger charge is -2.24. The molecule has 2 aromatic carbocycles. The van der Waals surface area contributed by atoms with Gasteiger partial charge in [-0.05, 0) is 54.7 Å². The Bertz CT molecular complexity index is 940. The fourth-order valence-corrected chi connectivity index (χ4v) is 4.06. The molecule has 0 saturated carbocycles. The van der Waals surface area contributed by atoms with E-state index in [1.165, 1.54) is 0 Å². The van der Waals surface area contributed by atoms with Crippen LogP contribution in [0.5, 0.6) is 5.75 Å². The maximum Gasteiger partial charge on any atom is 0.241 e. The highest BCUT2D eigenvalue weighted by atomic mass is 32.2. The molecule has 0 aliphatic carbocycles. The molecule has 0 unspecified atom stereocenters. The van der Waals surface area contributed by atoms with Gasteiger partial charge >= 0.3 is 0 Å². The molecule has 0 aromatic heterocycles. The van der Waals surface area contributed by atoms with Crippen molar-refractivity contribution < 1.29 is 17.9 Å². The number of ether oxygens (including phenoxy) is 1. The quantitative estimate of drug-likeness (QED) is 0.675. The molecule has 6 nitrogen and oxygen atoms in total. The highest BCUT2D eigenvalue weighted by Gasteiger charge is 2.22. The predicted octanol–water partition coefficient (Wildman–Crippen LogP) is 3.60. The van der Waals surface area contributed by atoms with Crippen LogP contribution < -0.4 is 14.4 Å². The SMILES string of the molecule is CCc1ccc(N(CC(=O)N[C@H](CC)c2ccc(OC)c(C)c2)S(C)(=O)=O)cc1. The summed E-state index contributed by atoms with van der Waals surface area (Å²) in [7, 11) is -1.98.